The number of rotatable bonds is 6. The van der Waals surface area contributed by atoms with Gasteiger partial charge in [0.1, 0.15) is 0 Å². The lowest BCUT2D eigenvalue weighted by molar-refractivity contribution is 1.61. The summed E-state index contributed by atoms with van der Waals surface area (Å²) in [6, 6.07) is 106. The van der Waals surface area contributed by atoms with Crippen LogP contribution in [0, 0.1) is 0 Å². The first-order chi connectivity index (χ1) is 38.7. The van der Waals surface area contributed by atoms with Crippen molar-refractivity contribution in [3.63, 3.8) is 0 Å². The fourth-order valence-electron chi connectivity index (χ4n) is 12.3. The molecule has 0 radical (unpaired) electrons. The average Bonchev–Trinajstić information content (AvgIpc) is 4.17. The molecule has 2 heteroatoms. The van der Waals surface area contributed by atoms with Gasteiger partial charge < -0.3 is 0 Å². The molecule has 16 aromatic rings. The van der Waals surface area contributed by atoms with Crippen molar-refractivity contribution in [2.75, 3.05) is 0 Å². The Morgan fingerprint density at radius 1 is 0.154 bits per heavy atom. The molecule has 0 N–H and O–H groups in total. The van der Waals surface area contributed by atoms with Crippen molar-refractivity contribution in [3.8, 4) is 66.8 Å². The molecule has 16 rings (SSSR count). The third-order valence-corrected chi connectivity index (χ3v) is 18.0. The zero-order valence-electron chi connectivity index (χ0n) is 42.5. The van der Waals surface area contributed by atoms with E-state index in [0.717, 1.165) is 0 Å². The van der Waals surface area contributed by atoms with Crippen molar-refractivity contribution in [3.05, 3.63) is 291 Å². The van der Waals surface area contributed by atoms with Gasteiger partial charge in [-0.15, -0.1) is 22.7 Å². The SMILES string of the molecule is c1ccc(-c2cccc(-c3c4ccccc4c(-c4ccc5sc6ccccc6c5c4)c4ccccc34)c2)cc1.c1ccc(-c2ccccc2-c2c3ccccc3c(-c3ccc4sc5ccccc5c4c3)c3ccccc23)cc1. The van der Waals surface area contributed by atoms with E-state index in [4.69, 9.17) is 0 Å². The van der Waals surface area contributed by atoms with Crippen LogP contribution in [0.5, 0.6) is 0 Å². The molecule has 0 amide bonds. The largest absolute Gasteiger partial charge is 0.135 e. The van der Waals surface area contributed by atoms with E-state index in [1.807, 2.05) is 22.7 Å². The van der Waals surface area contributed by atoms with E-state index in [-0.39, 0.29) is 0 Å². The van der Waals surface area contributed by atoms with Crippen LogP contribution in [0.25, 0.3) is 150 Å². The minimum atomic E-state index is 1.24. The quantitative estimate of drug-likeness (QED) is 0.146. The number of thiophene rings is 2. The molecule has 0 nitrogen and oxygen atoms in total. The molecule has 14 aromatic carbocycles. The van der Waals surface area contributed by atoms with Crippen LogP contribution in [-0.4, -0.2) is 0 Å². The van der Waals surface area contributed by atoms with E-state index in [9.17, 15) is 0 Å². The topological polar surface area (TPSA) is 0 Å². The fourth-order valence-corrected chi connectivity index (χ4v) is 14.5. The number of fused-ring (bicyclic) bond motifs is 10. The van der Waals surface area contributed by atoms with E-state index in [1.165, 1.54) is 150 Å². The van der Waals surface area contributed by atoms with Gasteiger partial charge in [0.05, 0.1) is 0 Å². The van der Waals surface area contributed by atoms with Gasteiger partial charge >= 0.3 is 0 Å². The van der Waals surface area contributed by atoms with Gasteiger partial charge in [0.15, 0.2) is 0 Å². The van der Waals surface area contributed by atoms with Gasteiger partial charge in [-0.1, -0.05) is 249 Å². The molecule has 0 saturated heterocycles. The van der Waals surface area contributed by atoms with Gasteiger partial charge in [-0.25, -0.2) is 0 Å². The van der Waals surface area contributed by atoms with E-state index in [2.05, 4.69) is 291 Å². The van der Waals surface area contributed by atoms with Gasteiger partial charge in [-0.2, -0.15) is 0 Å². The molecule has 0 unspecified atom stereocenters. The van der Waals surface area contributed by atoms with Crippen LogP contribution in [0.2, 0.25) is 0 Å². The molecule has 0 bridgehead atoms. The smallest absolute Gasteiger partial charge is 0.0355 e. The Hall–Kier alpha value is -9.44. The molecule has 0 atom stereocenters. The Labute approximate surface area is 461 Å². The first kappa shape index (κ1) is 45.9. The van der Waals surface area contributed by atoms with E-state index in [1.54, 1.807) is 0 Å². The molecule has 78 heavy (non-hydrogen) atoms. The Morgan fingerprint density at radius 2 is 0.462 bits per heavy atom. The maximum atomic E-state index is 2.40. The number of hydrogen-bond acceptors (Lipinski definition) is 2. The van der Waals surface area contributed by atoms with Crippen molar-refractivity contribution in [2.45, 2.75) is 0 Å². The highest BCUT2D eigenvalue weighted by Gasteiger charge is 2.21. The van der Waals surface area contributed by atoms with Gasteiger partial charge in [0.2, 0.25) is 0 Å². The molecule has 0 spiro atoms. The van der Waals surface area contributed by atoms with E-state index < -0.39 is 0 Å². The van der Waals surface area contributed by atoms with Crippen LogP contribution in [-0.2, 0) is 0 Å². The Kier molecular flexibility index (Phi) is 11.4. The highest BCUT2D eigenvalue weighted by molar-refractivity contribution is 7.26. The highest BCUT2D eigenvalue weighted by atomic mass is 32.1. The summed E-state index contributed by atoms with van der Waals surface area (Å²) < 4.78 is 5.35. The Morgan fingerprint density at radius 3 is 0.910 bits per heavy atom. The molecular formula is C76H48S2. The van der Waals surface area contributed by atoms with Gasteiger partial charge in [0.25, 0.3) is 0 Å². The molecule has 2 aromatic heterocycles. The van der Waals surface area contributed by atoms with Crippen molar-refractivity contribution in [1.29, 1.82) is 0 Å². The van der Waals surface area contributed by atoms with Gasteiger partial charge in [0, 0.05) is 40.3 Å². The minimum absolute atomic E-state index is 1.24. The standard InChI is InChI=1S/2C38H24S/c1-2-11-25(12-3-1)26-13-10-14-27(23-26)37-30-16-4-6-18-32(30)38(33-19-7-5-17-31(33)37)28-21-22-36-34(24-28)29-15-8-9-20-35(29)39-36;1-2-12-25(13-3-1)27-14-4-5-16-29(27)38-32-19-8-6-17-30(32)37(31-18-7-9-20-33(31)38)26-22-23-36-34(24-26)28-15-10-11-21-35(28)39-36/h2*1-24H. The van der Waals surface area contributed by atoms with Crippen LogP contribution < -0.4 is 0 Å². The monoisotopic (exact) mass is 1020 g/mol. The Bertz CT molecular complexity index is 4850. The van der Waals surface area contributed by atoms with Crippen LogP contribution in [0.4, 0.5) is 0 Å². The van der Waals surface area contributed by atoms with Gasteiger partial charge in [-0.3, -0.25) is 0 Å². The zero-order valence-corrected chi connectivity index (χ0v) is 44.2. The number of benzene rings is 14. The fraction of sp³-hybridized carbons (Fsp3) is 0. The third kappa shape index (κ3) is 7.80. The second kappa shape index (κ2) is 19.3. The average molecular weight is 1030 g/mol. The van der Waals surface area contributed by atoms with Crippen LogP contribution >= 0.6 is 22.7 Å². The lowest BCUT2D eigenvalue weighted by atomic mass is 9.83. The maximum Gasteiger partial charge on any atom is 0.0355 e. The maximum absolute atomic E-state index is 2.40. The summed E-state index contributed by atoms with van der Waals surface area (Å²) in [6.07, 6.45) is 0. The van der Waals surface area contributed by atoms with Crippen LogP contribution in [0.1, 0.15) is 0 Å². The summed E-state index contributed by atoms with van der Waals surface area (Å²) >= 11 is 3.74. The van der Waals surface area contributed by atoms with Crippen molar-refractivity contribution in [2.24, 2.45) is 0 Å². The van der Waals surface area contributed by atoms with Crippen molar-refractivity contribution in [1.82, 2.24) is 0 Å². The second-order valence-electron chi connectivity index (χ2n) is 20.2. The first-order valence-electron chi connectivity index (χ1n) is 26.7. The molecule has 2 heterocycles. The van der Waals surface area contributed by atoms with Crippen molar-refractivity contribution < 1.29 is 0 Å². The number of hydrogen-bond donors (Lipinski definition) is 0. The Balaban J connectivity index is 0.000000136. The molecular weight excluding hydrogens is 977 g/mol. The molecule has 0 saturated carbocycles. The summed E-state index contributed by atoms with van der Waals surface area (Å²) in [5.41, 5.74) is 15.2. The minimum Gasteiger partial charge on any atom is -0.135 e. The normalized spacial score (nSPS) is 11.6. The van der Waals surface area contributed by atoms with E-state index in [0.29, 0.717) is 0 Å². The zero-order chi connectivity index (χ0) is 51.5. The highest BCUT2D eigenvalue weighted by Crippen LogP contribution is 2.49. The lowest BCUT2D eigenvalue weighted by Gasteiger charge is -2.19. The lowest BCUT2D eigenvalue weighted by Crippen LogP contribution is -1.92. The summed E-state index contributed by atoms with van der Waals surface area (Å²) in [5, 5.41) is 15.6. The van der Waals surface area contributed by atoms with Crippen LogP contribution in [0.3, 0.4) is 0 Å². The molecule has 0 fully saturated rings. The van der Waals surface area contributed by atoms with E-state index >= 15 is 0 Å². The second-order valence-corrected chi connectivity index (χ2v) is 22.3. The van der Waals surface area contributed by atoms with Crippen molar-refractivity contribution >= 4 is 106 Å². The summed E-state index contributed by atoms with van der Waals surface area (Å²) in [6.45, 7) is 0. The van der Waals surface area contributed by atoms with Crippen LogP contribution in [0.15, 0.2) is 291 Å². The summed E-state index contributed by atoms with van der Waals surface area (Å²) in [7, 11) is 0. The predicted molar refractivity (Wildman–Crippen MR) is 341 cm³/mol. The molecule has 0 aliphatic carbocycles. The van der Waals surface area contributed by atoms with Gasteiger partial charge in [-0.05, 0) is 152 Å². The third-order valence-electron chi connectivity index (χ3n) is 15.7. The summed E-state index contributed by atoms with van der Waals surface area (Å²) in [5.74, 6) is 0. The summed E-state index contributed by atoms with van der Waals surface area (Å²) in [4.78, 5) is 0. The molecule has 364 valence electrons. The molecule has 0 aliphatic heterocycles. The predicted octanol–water partition coefficient (Wildman–Crippen LogP) is 22.7. The first-order valence-corrected chi connectivity index (χ1v) is 28.4. The molecule has 0 aliphatic rings.